The molecule has 0 saturated heterocycles. The molecule has 0 heterocycles. The number of nitro benzene ring substituents is 1. The summed E-state index contributed by atoms with van der Waals surface area (Å²) in [7, 11) is 0. The van der Waals surface area contributed by atoms with Crippen molar-refractivity contribution in [3.8, 4) is 0 Å². The normalized spacial score (nSPS) is 13.7. The summed E-state index contributed by atoms with van der Waals surface area (Å²) in [6, 6.07) is 4.31. The number of aldehydes is 1. The molecule has 0 unspecified atom stereocenters. The first-order chi connectivity index (χ1) is 9.10. The second-order valence-corrected chi connectivity index (χ2v) is 4.35. The third-order valence-electron chi connectivity index (χ3n) is 2.74. The Kier molecular flexibility index (Phi) is 3.74. The van der Waals surface area contributed by atoms with E-state index in [4.69, 9.17) is 0 Å². The van der Waals surface area contributed by atoms with E-state index in [1.54, 1.807) is 0 Å². The van der Waals surface area contributed by atoms with Crippen molar-refractivity contribution in [3.63, 3.8) is 0 Å². The zero-order valence-corrected chi connectivity index (χ0v) is 10.1. The first-order valence-corrected chi connectivity index (χ1v) is 5.87. The van der Waals surface area contributed by atoms with Gasteiger partial charge in [-0.3, -0.25) is 19.7 Å². The molecule has 1 aliphatic carbocycles. The van der Waals surface area contributed by atoms with Gasteiger partial charge >= 0.3 is 0 Å². The van der Waals surface area contributed by atoms with Gasteiger partial charge in [0, 0.05) is 17.7 Å². The van der Waals surface area contributed by atoms with Crippen molar-refractivity contribution in [1.29, 1.82) is 0 Å². The van der Waals surface area contributed by atoms with Crippen molar-refractivity contribution in [2.75, 3.05) is 11.9 Å². The molecule has 0 spiro atoms. The molecule has 0 atom stereocenters. The molecule has 1 aromatic carbocycles. The Morgan fingerprint density at radius 1 is 1.47 bits per heavy atom. The maximum absolute atomic E-state index is 11.5. The molecule has 0 bridgehead atoms. The van der Waals surface area contributed by atoms with Gasteiger partial charge in [0.15, 0.2) is 0 Å². The van der Waals surface area contributed by atoms with Crippen molar-refractivity contribution in [2.24, 2.45) is 0 Å². The number of anilines is 1. The van der Waals surface area contributed by atoms with Crippen LogP contribution >= 0.6 is 0 Å². The van der Waals surface area contributed by atoms with Gasteiger partial charge in [0.25, 0.3) is 5.69 Å². The van der Waals surface area contributed by atoms with E-state index < -0.39 is 4.92 Å². The summed E-state index contributed by atoms with van der Waals surface area (Å²) >= 11 is 0. The summed E-state index contributed by atoms with van der Waals surface area (Å²) in [5.41, 5.74) is 0.227. The second-order valence-electron chi connectivity index (χ2n) is 4.35. The maximum Gasteiger partial charge on any atom is 0.293 e. The zero-order chi connectivity index (χ0) is 13.8. The third-order valence-corrected chi connectivity index (χ3v) is 2.74. The highest BCUT2D eigenvalue weighted by Gasteiger charge is 2.23. The SMILES string of the molecule is O=Cc1ccc(NCC(=O)NC2CC2)c([N+](=O)[O-])c1. The van der Waals surface area contributed by atoms with E-state index in [0.29, 0.717) is 6.29 Å². The topological polar surface area (TPSA) is 101 Å². The minimum absolute atomic E-state index is 0.0300. The van der Waals surface area contributed by atoms with E-state index in [-0.39, 0.29) is 35.4 Å². The van der Waals surface area contributed by atoms with Crippen molar-refractivity contribution >= 4 is 23.6 Å². The maximum atomic E-state index is 11.5. The van der Waals surface area contributed by atoms with Crippen molar-refractivity contribution < 1.29 is 14.5 Å². The van der Waals surface area contributed by atoms with E-state index in [2.05, 4.69) is 10.6 Å². The van der Waals surface area contributed by atoms with Gasteiger partial charge in [-0.15, -0.1) is 0 Å². The van der Waals surface area contributed by atoms with Gasteiger partial charge in [0.2, 0.25) is 5.91 Å². The second kappa shape index (κ2) is 5.47. The summed E-state index contributed by atoms with van der Waals surface area (Å²) in [6.45, 7) is -0.0300. The number of amides is 1. The number of hydrogen-bond donors (Lipinski definition) is 2. The lowest BCUT2D eigenvalue weighted by atomic mass is 10.2. The number of carbonyl (C=O) groups excluding carboxylic acids is 2. The monoisotopic (exact) mass is 263 g/mol. The predicted octanol–water partition coefficient (Wildman–Crippen LogP) is 1.10. The zero-order valence-electron chi connectivity index (χ0n) is 10.1. The molecule has 7 nitrogen and oxygen atoms in total. The Morgan fingerprint density at radius 3 is 2.79 bits per heavy atom. The summed E-state index contributed by atoms with van der Waals surface area (Å²) in [6.07, 6.45) is 2.51. The van der Waals surface area contributed by atoms with E-state index in [0.717, 1.165) is 12.8 Å². The molecule has 1 amide bonds. The number of rotatable bonds is 6. The molecular weight excluding hydrogens is 250 g/mol. The van der Waals surface area contributed by atoms with Crippen LogP contribution in [0.15, 0.2) is 18.2 Å². The van der Waals surface area contributed by atoms with Crippen LogP contribution in [-0.4, -0.2) is 29.7 Å². The summed E-state index contributed by atoms with van der Waals surface area (Å²) in [4.78, 5) is 32.3. The molecule has 100 valence electrons. The smallest absolute Gasteiger partial charge is 0.293 e. The molecule has 7 heteroatoms. The van der Waals surface area contributed by atoms with Gasteiger partial charge in [0.05, 0.1) is 11.5 Å². The summed E-state index contributed by atoms with van der Waals surface area (Å²) < 4.78 is 0. The molecule has 1 fully saturated rings. The van der Waals surface area contributed by atoms with E-state index in [1.807, 2.05) is 0 Å². The predicted molar refractivity (Wildman–Crippen MR) is 68.1 cm³/mol. The minimum atomic E-state index is -0.589. The van der Waals surface area contributed by atoms with Crippen LogP contribution in [0.25, 0.3) is 0 Å². The molecule has 1 aliphatic rings. The Hall–Kier alpha value is -2.44. The van der Waals surface area contributed by atoms with Crippen LogP contribution in [0.5, 0.6) is 0 Å². The highest BCUT2D eigenvalue weighted by molar-refractivity contribution is 5.83. The lowest BCUT2D eigenvalue weighted by molar-refractivity contribution is -0.384. The molecule has 2 rings (SSSR count). The minimum Gasteiger partial charge on any atom is -0.371 e. The third kappa shape index (κ3) is 3.51. The molecule has 2 N–H and O–H groups in total. The number of nitrogens with zero attached hydrogens (tertiary/aromatic N) is 1. The number of hydrogen-bond acceptors (Lipinski definition) is 5. The number of benzene rings is 1. The van der Waals surface area contributed by atoms with Crippen LogP contribution in [0.1, 0.15) is 23.2 Å². The van der Waals surface area contributed by atoms with Gasteiger partial charge in [-0.25, -0.2) is 0 Å². The van der Waals surface area contributed by atoms with Crippen LogP contribution in [-0.2, 0) is 4.79 Å². The number of carbonyl (C=O) groups is 2. The van der Waals surface area contributed by atoms with Crippen molar-refractivity contribution in [2.45, 2.75) is 18.9 Å². The van der Waals surface area contributed by atoms with Gasteiger partial charge in [-0.05, 0) is 25.0 Å². The molecule has 0 aromatic heterocycles. The summed E-state index contributed by atoms with van der Waals surface area (Å²) in [5, 5.41) is 16.3. The van der Waals surface area contributed by atoms with Crippen LogP contribution in [0.4, 0.5) is 11.4 Å². The average molecular weight is 263 g/mol. The fourth-order valence-corrected chi connectivity index (χ4v) is 1.60. The van der Waals surface area contributed by atoms with Crippen LogP contribution in [0, 0.1) is 10.1 Å². The molecule has 0 radical (unpaired) electrons. The van der Waals surface area contributed by atoms with Crippen molar-refractivity contribution in [3.05, 3.63) is 33.9 Å². The highest BCUT2D eigenvalue weighted by Crippen LogP contribution is 2.25. The Balaban J connectivity index is 2.03. The lowest BCUT2D eigenvalue weighted by Crippen LogP contribution is -2.31. The first-order valence-electron chi connectivity index (χ1n) is 5.87. The Morgan fingerprint density at radius 2 is 2.21 bits per heavy atom. The first kappa shape index (κ1) is 13.0. The highest BCUT2D eigenvalue weighted by atomic mass is 16.6. The van der Waals surface area contributed by atoms with E-state index in [1.165, 1.54) is 18.2 Å². The molecule has 19 heavy (non-hydrogen) atoms. The standard InChI is InChI=1S/C12H13N3O4/c16-7-8-1-4-10(11(5-8)15(18)19)13-6-12(17)14-9-2-3-9/h1,4-5,7,9,13H,2-3,6H2,(H,14,17). The number of nitrogens with one attached hydrogen (secondary N) is 2. The van der Waals surface area contributed by atoms with Gasteiger partial charge in [0.1, 0.15) is 12.0 Å². The molecule has 0 aliphatic heterocycles. The molecule has 1 aromatic rings. The molecule has 1 saturated carbocycles. The fraction of sp³-hybridized carbons (Fsp3) is 0.333. The van der Waals surface area contributed by atoms with Crippen LogP contribution in [0.3, 0.4) is 0 Å². The van der Waals surface area contributed by atoms with Crippen LogP contribution in [0.2, 0.25) is 0 Å². The van der Waals surface area contributed by atoms with Gasteiger partial charge in [-0.1, -0.05) is 0 Å². The molecular formula is C12H13N3O4. The van der Waals surface area contributed by atoms with Gasteiger partial charge in [-0.2, -0.15) is 0 Å². The Bertz CT molecular complexity index is 526. The fourth-order valence-electron chi connectivity index (χ4n) is 1.60. The van der Waals surface area contributed by atoms with Crippen molar-refractivity contribution in [1.82, 2.24) is 5.32 Å². The average Bonchev–Trinajstić information content (AvgIpc) is 3.20. The van der Waals surface area contributed by atoms with E-state index in [9.17, 15) is 19.7 Å². The Labute approximate surface area is 109 Å². The van der Waals surface area contributed by atoms with Gasteiger partial charge < -0.3 is 10.6 Å². The number of nitro groups is 1. The largest absolute Gasteiger partial charge is 0.371 e. The van der Waals surface area contributed by atoms with Crippen LogP contribution < -0.4 is 10.6 Å². The quantitative estimate of drug-likeness (QED) is 0.454. The summed E-state index contributed by atoms with van der Waals surface area (Å²) in [5.74, 6) is -0.198. The lowest BCUT2D eigenvalue weighted by Gasteiger charge is -2.07. The van der Waals surface area contributed by atoms with E-state index >= 15 is 0 Å².